The van der Waals surface area contributed by atoms with Crippen LogP contribution in [0.1, 0.15) is 31.2 Å². The maximum atomic E-state index is 6.02. The van der Waals surface area contributed by atoms with Crippen LogP contribution in [-0.2, 0) is 5.75 Å². The van der Waals surface area contributed by atoms with E-state index in [1.165, 1.54) is 10.5 Å². The van der Waals surface area contributed by atoms with Crippen molar-refractivity contribution in [3.8, 4) is 0 Å². The van der Waals surface area contributed by atoms with Gasteiger partial charge in [0, 0.05) is 10.3 Å². The highest BCUT2D eigenvalue weighted by molar-refractivity contribution is 7.98. The van der Waals surface area contributed by atoms with E-state index in [2.05, 4.69) is 48.1 Å². The van der Waals surface area contributed by atoms with Gasteiger partial charge in [-0.2, -0.15) is 0 Å². The van der Waals surface area contributed by atoms with E-state index in [0.717, 1.165) is 22.5 Å². The molecule has 3 rings (SSSR count). The van der Waals surface area contributed by atoms with Crippen LogP contribution in [0.15, 0.2) is 53.4 Å². The fourth-order valence-electron chi connectivity index (χ4n) is 2.31. The van der Waals surface area contributed by atoms with Crippen molar-refractivity contribution in [2.75, 3.05) is 5.73 Å². The van der Waals surface area contributed by atoms with Crippen LogP contribution in [0.25, 0.3) is 10.9 Å². The lowest BCUT2D eigenvalue weighted by atomic mass is 10.0. The van der Waals surface area contributed by atoms with E-state index in [9.17, 15) is 0 Å². The molecule has 3 aromatic rings. The number of fused-ring (bicyclic) bond motifs is 1. The van der Waals surface area contributed by atoms with Gasteiger partial charge >= 0.3 is 0 Å². The number of hydrogen-bond acceptors (Lipinski definition) is 4. The van der Waals surface area contributed by atoms with Crippen molar-refractivity contribution in [2.45, 2.75) is 30.4 Å². The van der Waals surface area contributed by atoms with Gasteiger partial charge in [0.2, 0.25) is 0 Å². The number of aromatic nitrogens is 2. The number of nitrogens with two attached hydrogens (primary N) is 1. The zero-order chi connectivity index (χ0) is 15.5. The molecule has 112 valence electrons. The molecule has 0 bridgehead atoms. The number of rotatable bonds is 4. The first-order valence-electron chi connectivity index (χ1n) is 7.37. The zero-order valence-electron chi connectivity index (χ0n) is 12.8. The highest BCUT2D eigenvalue weighted by Crippen LogP contribution is 2.25. The average molecular weight is 309 g/mol. The Morgan fingerprint density at radius 2 is 1.73 bits per heavy atom. The highest BCUT2D eigenvalue weighted by Gasteiger charge is 2.06. The van der Waals surface area contributed by atoms with Gasteiger partial charge < -0.3 is 5.73 Å². The minimum absolute atomic E-state index is 0.552. The molecule has 2 N–H and O–H groups in total. The van der Waals surface area contributed by atoms with Crippen molar-refractivity contribution in [1.82, 2.24) is 9.97 Å². The normalized spacial score (nSPS) is 11.2. The topological polar surface area (TPSA) is 51.8 Å². The predicted molar refractivity (Wildman–Crippen MR) is 94.0 cm³/mol. The zero-order valence-corrected chi connectivity index (χ0v) is 13.6. The Labute approximate surface area is 135 Å². The summed E-state index contributed by atoms with van der Waals surface area (Å²) in [5.41, 5.74) is 8.28. The van der Waals surface area contributed by atoms with Crippen LogP contribution in [0.3, 0.4) is 0 Å². The van der Waals surface area contributed by atoms with Crippen LogP contribution >= 0.6 is 11.8 Å². The van der Waals surface area contributed by atoms with Gasteiger partial charge in [0.15, 0.2) is 0 Å². The maximum Gasteiger partial charge on any atom is 0.141 e. The van der Waals surface area contributed by atoms with Crippen LogP contribution in [0.5, 0.6) is 0 Å². The number of benzene rings is 2. The van der Waals surface area contributed by atoms with Gasteiger partial charge in [-0.25, -0.2) is 9.97 Å². The minimum atomic E-state index is 0.552. The van der Waals surface area contributed by atoms with Gasteiger partial charge in [-0.15, -0.1) is 11.8 Å². The van der Waals surface area contributed by atoms with Gasteiger partial charge in [-0.05, 0) is 35.7 Å². The third-order valence-electron chi connectivity index (χ3n) is 3.59. The summed E-state index contributed by atoms with van der Waals surface area (Å²) in [5, 5.41) is 0.914. The number of nitrogen functional groups attached to an aromatic ring is 1. The molecule has 3 nitrogen and oxygen atoms in total. The van der Waals surface area contributed by atoms with E-state index in [1.807, 2.05) is 24.3 Å². The van der Waals surface area contributed by atoms with Crippen LogP contribution < -0.4 is 5.73 Å². The second-order valence-electron chi connectivity index (χ2n) is 5.55. The van der Waals surface area contributed by atoms with Crippen molar-refractivity contribution >= 4 is 28.5 Å². The summed E-state index contributed by atoms with van der Waals surface area (Å²) in [5.74, 6) is 2.60. The first-order valence-corrected chi connectivity index (χ1v) is 8.36. The molecule has 0 aliphatic carbocycles. The number of thioether (sulfide) groups is 1. The Morgan fingerprint density at radius 1 is 1.00 bits per heavy atom. The van der Waals surface area contributed by atoms with E-state index in [-0.39, 0.29) is 0 Å². The van der Waals surface area contributed by atoms with Crippen molar-refractivity contribution in [3.05, 3.63) is 59.9 Å². The molecule has 1 heterocycles. The largest absolute Gasteiger partial charge is 0.383 e. The van der Waals surface area contributed by atoms with Gasteiger partial charge in [-0.3, -0.25) is 0 Å². The maximum absolute atomic E-state index is 6.02. The molecule has 0 fully saturated rings. The van der Waals surface area contributed by atoms with E-state index in [0.29, 0.717) is 11.7 Å². The molecule has 0 spiro atoms. The average Bonchev–Trinajstić information content (AvgIpc) is 2.53. The van der Waals surface area contributed by atoms with Crippen LogP contribution in [0.4, 0.5) is 5.82 Å². The quantitative estimate of drug-likeness (QED) is 0.714. The highest BCUT2D eigenvalue weighted by atomic mass is 32.2. The number of anilines is 1. The molecule has 0 saturated carbocycles. The monoisotopic (exact) mass is 309 g/mol. The van der Waals surface area contributed by atoms with Gasteiger partial charge in [-0.1, -0.05) is 38.1 Å². The first kappa shape index (κ1) is 14.9. The molecule has 1 aromatic heterocycles. The summed E-state index contributed by atoms with van der Waals surface area (Å²) in [6.45, 7) is 4.40. The summed E-state index contributed by atoms with van der Waals surface area (Å²) in [6.07, 6.45) is 0. The Morgan fingerprint density at radius 3 is 2.45 bits per heavy atom. The molecule has 2 aromatic carbocycles. The van der Waals surface area contributed by atoms with Gasteiger partial charge in [0.25, 0.3) is 0 Å². The van der Waals surface area contributed by atoms with Crippen molar-refractivity contribution in [2.24, 2.45) is 0 Å². The molecule has 0 atom stereocenters. The molecule has 0 aliphatic rings. The summed E-state index contributed by atoms with van der Waals surface area (Å²) < 4.78 is 0. The first-order chi connectivity index (χ1) is 10.6. The lowest BCUT2D eigenvalue weighted by Gasteiger charge is -2.07. The van der Waals surface area contributed by atoms with Crippen LogP contribution in [0.2, 0.25) is 0 Å². The number of nitrogens with zero attached hydrogens (tertiary/aromatic N) is 2. The van der Waals surface area contributed by atoms with E-state index in [4.69, 9.17) is 5.73 Å². The van der Waals surface area contributed by atoms with Crippen LogP contribution in [0, 0.1) is 0 Å². The van der Waals surface area contributed by atoms with Gasteiger partial charge in [0.1, 0.15) is 11.6 Å². The molecular formula is C18H19N3S. The summed E-state index contributed by atoms with van der Waals surface area (Å²) in [6, 6.07) is 16.5. The molecule has 4 heteroatoms. The molecule has 0 saturated heterocycles. The Balaban J connectivity index is 1.76. The smallest absolute Gasteiger partial charge is 0.141 e. The minimum Gasteiger partial charge on any atom is -0.383 e. The molecule has 0 unspecified atom stereocenters. The van der Waals surface area contributed by atoms with Crippen molar-refractivity contribution in [3.63, 3.8) is 0 Å². The van der Waals surface area contributed by atoms with E-state index < -0.39 is 0 Å². The summed E-state index contributed by atoms with van der Waals surface area (Å²) >= 11 is 1.73. The standard InChI is InChI=1S/C18H19N3S/c1-12(2)13-7-9-14(10-8-13)22-11-17-20-16-6-4-3-5-15(16)18(19)21-17/h3-10,12H,11H2,1-2H3,(H2,19,20,21). The molecule has 22 heavy (non-hydrogen) atoms. The summed E-state index contributed by atoms with van der Waals surface area (Å²) in [7, 11) is 0. The fraction of sp³-hybridized carbons (Fsp3) is 0.222. The molecular weight excluding hydrogens is 290 g/mol. The van der Waals surface area contributed by atoms with Crippen molar-refractivity contribution in [1.29, 1.82) is 0 Å². The molecule has 0 amide bonds. The number of hydrogen-bond donors (Lipinski definition) is 1. The second-order valence-corrected chi connectivity index (χ2v) is 6.60. The lowest BCUT2D eigenvalue weighted by Crippen LogP contribution is -1.99. The molecule has 0 radical (unpaired) electrons. The van der Waals surface area contributed by atoms with E-state index >= 15 is 0 Å². The van der Waals surface area contributed by atoms with E-state index in [1.54, 1.807) is 11.8 Å². The Bertz CT molecular complexity index is 782. The third-order valence-corrected chi connectivity index (χ3v) is 4.60. The summed E-state index contributed by atoms with van der Waals surface area (Å²) in [4.78, 5) is 10.2. The second kappa shape index (κ2) is 6.36. The molecule has 0 aliphatic heterocycles. The van der Waals surface area contributed by atoms with Crippen molar-refractivity contribution < 1.29 is 0 Å². The van der Waals surface area contributed by atoms with Gasteiger partial charge in [0.05, 0.1) is 11.3 Å². The third kappa shape index (κ3) is 3.22. The fourth-order valence-corrected chi connectivity index (χ4v) is 3.07. The predicted octanol–water partition coefficient (Wildman–Crippen LogP) is 4.63. The van der Waals surface area contributed by atoms with Crippen LogP contribution in [-0.4, -0.2) is 9.97 Å². The Kier molecular flexibility index (Phi) is 4.29. The lowest BCUT2D eigenvalue weighted by molar-refractivity contribution is 0.865. The SMILES string of the molecule is CC(C)c1ccc(SCc2nc(N)c3ccccc3n2)cc1. The Hall–Kier alpha value is -2.07. The number of para-hydroxylation sites is 1.